The Bertz CT molecular complexity index is 3250. The highest BCUT2D eigenvalue weighted by Crippen LogP contribution is 2.46. The molecule has 0 fully saturated rings. The van der Waals surface area contributed by atoms with E-state index in [4.69, 9.17) is 0 Å². The van der Waals surface area contributed by atoms with Crippen LogP contribution in [0.5, 0.6) is 0 Å². The van der Waals surface area contributed by atoms with Gasteiger partial charge in [-0.15, -0.1) is 0 Å². The smallest absolute Gasteiger partial charge is 0.0540 e. The molecule has 0 saturated heterocycles. The molecule has 0 bridgehead atoms. The maximum atomic E-state index is 2.43. The van der Waals surface area contributed by atoms with E-state index in [2.05, 4.69) is 277 Å². The molecular weight excluding hydrogens is 773 g/mol. The average Bonchev–Trinajstić information content (AvgIpc) is 3.38. The van der Waals surface area contributed by atoms with Crippen molar-refractivity contribution >= 4 is 55.7 Å². The lowest BCUT2D eigenvalue weighted by atomic mass is 9.96. The molecule has 302 valence electrons. The van der Waals surface area contributed by atoms with Crippen LogP contribution in [0.1, 0.15) is 0 Å². The van der Waals surface area contributed by atoms with Crippen LogP contribution in [-0.4, -0.2) is 0 Å². The van der Waals surface area contributed by atoms with Crippen molar-refractivity contribution in [3.63, 3.8) is 0 Å². The Hall–Kier alpha value is -8.46. The van der Waals surface area contributed by atoms with Gasteiger partial charge in [0, 0.05) is 33.8 Å². The first-order chi connectivity index (χ1) is 31.7. The normalized spacial score (nSPS) is 11.1. The van der Waals surface area contributed by atoms with Gasteiger partial charge in [0.2, 0.25) is 0 Å². The molecule has 11 aromatic rings. The van der Waals surface area contributed by atoms with Crippen LogP contribution in [-0.2, 0) is 0 Å². The Balaban J connectivity index is 1.16. The van der Waals surface area contributed by atoms with Gasteiger partial charge in [-0.05, 0) is 121 Å². The SMILES string of the molecule is c1ccc(-c2ccc(N(c3ccc(-c4ccccc4)cc3)c3cc(-c4cccc5ccccc45)cc(N(c4ccc(-c5ccccc5)cc4)c4cccc5ccccc45)c3)cc2)cc1. The van der Waals surface area contributed by atoms with Crippen molar-refractivity contribution in [2.75, 3.05) is 9.80 Å². The van der Waals surface area contributed by atoms with E-state index in [0.717, 1.165) is 39.7 Å². The third-order valence-corrected chi connectivity index (χ3v) is 12.2. The van der Waals surface area contributed by atoms with Crippen molar-refractivity contribution in [2.45, 2.75) is 0 Å². The third kappa shape index (κ3) is 7.59. The summed E-state index contributed by atoms with van der Waals surface area (Å²) < 4.78 is 0. The third-order valence-electron chi connectivity index (χ3n) is 12.2. The predicted octanol–water partition coefficient (Wildman–Crippen LogP) is 17.6. The van der Waals surface area contributed by atoms with E-state index in [9.17, 15) is 0 Å². The van der Waals surface area contributed by atoms with Gasteiger partial charge in [0.05, 0.1) is 5.69 Å². The van der Waals surface area contributed by atoms with Gasteiger partial charge in [0.1, 0.15) is 0 Å². The summed E-state index contributed by atoms with van der Waals surface area (Å²) in [6.45, 7) is 0. The van der Waals surface area contributed by atoms with Crippen LogP contribution in [0.3, 0.4) is 0 Å². The summed E-state index contributed by atoms with van der Waals surface area (Å²) in [7, 11) is 0. The summed E-state index contributed by atoms with van der Waals surface area (Å²) in [4.78, 5) is 4.84. The van der Waals surface area contributed by atoms with Gasteiger partial charge in [0.15, 0.2) is 0 Å². The average molecular weight is 817 g/mol. The van der Waals surface area contributed by atoms with Crippen molar-refractivity contribution in [1.82, 2.24) is 0 Å². The lowest BCUT2D eigenvalue weighted by molar-refractivity contribution is 1.26. The van der Waals surface area contributed by atoms with Crippen LogP contribution >= 0.6 is 0 Å². The van der Waals surface area contributed by atoms with E-state index >= 15 is 0 Å². The van der Waals surface area contributed by atoms with E-state index in [1.165, 1.54) is 60.5 Å². The Morgan fingerprint density at radius 2 is 0.562 bits per heavy atom. The maximum Gasteiger partial charge on any atom is 0.0540 e. The summed E-state index contributed by atoms with van der Waals surface area (Å²) in [6.07, 6.45) is 0. The minimum Gasteiger partial charge on any atom is -0.310 e. The monoisotopic (exact) mass is 816 g/mol. The van der Waals surface area contributed by atoms with E-state index in [1.807, 2.05) is 0 Å². The molecule has 0 amide bonds. The zero-order valence-electron chi connectivity index (χ0n) is 35.3. The first kappa shape index (κ1) is 38.5. The van der Waals surface area contributed by atoms with E-state index < -0.39 is 0 Å². The van der Waals surface area contributed by atoms with Gasteiger partial charge in [-0.25, -0.2) is 0 Å². The van der Waals surface area contributed by atoms with Crippen LogP contribution in [0, 0.1) is 0 Å². The predicted molar refractivity (Wildman–Crippen MR) is 273 cm³/mol. The number of nitrogens with zero attached hydrogens (tertiary/aromatic N) is 2. The second kappa shape index (κ2) is 17.1. The molecule has 0 saturated carbocycles. The molecule has 11 aromatic carbocycles. The van der Waals surface area contributed by atoms with Crippen molar-refractivity contribution in [2.24, 2.45) is 0 Å². The molecule has 0 aromatic heterocycles. The number of benzene rings is 11. The summed E-state index contributed by atoms with van der Waals surface area (Å²) in [5, 5.41) is 4.79. The molecule has 0 atom stereocenters. The molecule has 0 unspecified atom stereocenters. The number of fused-ring (bicyclic) bond motifs is 2. The van der Waals surface area contributed by atoms with Crippen LogP contribution in [0.2, 0.25) is 0 Å². The highest BCUT2D eigenvalue weighted by atomic mass is 15.2. The van der Waals surface area contributed by atoms with Crippen molar-refractivity contribution in [1.29, 1.82) is 0 Å². The second-order valence-electron chi connectivity index (χ2n) is 16.2. The Kier molecular flexibility index (Phi) is 10.3. The first-order valence-electron chi connectivity index (χ1n) is 21.9. The van der Waals surface area contributed by atoms with Gasteiger partial charge in [0.25, 0.3) is 0 Å². The van der Waals surface area contributed by atoms with Gasteiger partial charge in [-0.1, -0.05) is 206 Å². The van der Waals surface area contributed by atoms with E-state index in [-0.39, 0.29) is 0 Å². The van der Waals surface area contributed by atoms with Gasteiger partial charge in [-0.2, -0.15) is 0 Å². The molecule has 0 aliphatic carbocycles. The molecule has 64 heavy (non-hydrogen) atoms. The quantitative estimate of drug-likeness (QED) is 0.136. The largest absolute Gasteiger partial charge is 0.310 e. The van der Waals surface area contributed by atoms with Crippen LogP contribution in [0.25, 0.3) is 66.1 Å². The minimum atomic E-state index is 1.05. The Morgan fingerprint density at radius 1 is 0.203 bits per heavy atom. The number of hydrogen-bond donors (Lipinski definition) is 0. The van der Waals surface area contributed by atoms with Crippen molar-refractivity contribution in [3.05, 3.63) is 267 Å². The second-order valence-corrected chi connectivity index (χ2v) is 16.2. The molecule has 0 aliphatic rings. The molecule has 0 heterocycles. The number of hydrogen-bond acceptors (Lipinski definition) is 2. The van der Waals surface area contributed by atoms with E-state index in [0.29, 0.717) is 0 Å². The molecule has 0 spiro atoms. The number of anilines is 6. The lowest BCUT2D eigenvalue weighted by Gasteiger charge is -2.31. The van der Waals surface area contributed by atoms with Crippen molar-refractivity contribution in [3.8, 4) is 44.5 Å². The Morgan fingerprint density at radius 3 is 1.06 bits per heavy atom. The van der Waals surface area contributed by atoms with E-state index in [1.54, 1.807) is 0 Å². The maximum absolute atomic E-state index is 2.43. The lowest BCUT2D eigenvalue weighted by Crippen LogP contribution is -2.14. The summed E-state index contributed by atoms with van der Waals surface area (Å²) in [6, 6.07) is 96.5. The summed E-state index contributed by atoms with van der Waals surface area (Å²) in [5.74, 6) is 0. The zero-order chi connectivity index (χ0) is 42.7. The van der Waals surface area contributed by atoms with Crippen LogP contribution in [0.4, 0.5) is 34.1 Å². The summed E-state index contributed by atoms with van der Waals surface area (Å²) >= 11 is 0. The molecule has 0 aliphatic heterocycles. The zero-order valence-corrected chi connectivity index (χ0v) is 35.3. The highest BCUT2D eigenvalue weighted by molar-refractivity contribution is 6.02. The topological polar surface area (TPSA) is 6.48 Å². The molecule has 2 nitrogen and oxygen atoms in total. The fraction of sp³-hybridized carbons (Fsp3) is 0. The summed E-state index contributed by atoms with van der Waals surface area (Å²) in [5.41, 5.74) is 15.8. The van der Waals surface area contributed by atoms with Gasteiger partial charge >= 0.3 is 0 Å². The molecule has 0 radical (unpaired) electrons. The molecular formula is C62H44N2. The Labute approximate surface area is 375 Å². The first-order valence-corrected chi connectivity index (χ1v) is 21.9. The van der Waals surface area contributed by atoms with Crippen LogP contribution in [0.15, 0.2) is 267 Å². The fourth-order valence-electron chi connectivity index (χ4n) is 9.06. The standard InChI is InChI=1S/C62H44N2/c1-4-16-45(17-5-1)48-30-36-54(37-31-48)63(55-38-32-49(33-39-55)46-18-6-2-7-19-46)57-42-53(60-28-14-24-51-22-10-12-26-59(51)60)43-58(44-57)64(62-29-15-25-52-23-11-13-27-61(52)62)56-40-34-50(35-41-56)47-20-8-3-9-21-47/h1-44H. The molecule has 2 heteroatoms. The molecule has 11 rings (SSSR count). The highest BCUT2D eigenvalue weighted by Gasteiger charge is 2.22. The fourth-order valence-corrected chi connectivity index (χ4v) is 9.06. The van der Waals surface area contributed by atoms with Gasteiger partial charge < -0.3 is 9.80 Å². The number of rotatable bonds is 10. The van der Waals surface area contributed by atoms with Crippen molar-refractivity contribution < 1.29 is 0 Å². The minimum absolute atomic E-state index is 1.05. The van der Waals surface area contributed by atoms with Gasteiger partial charge in [-0.3, -0.25) is 0 Å². The van der Waals surface area contributed by atoms with Crippen LogP contribution < -0.4 is 9.80 Å². The molecule has 0 N–H and O–H groups in total.